The van der Waals surface area contributed by atoms with Gasteiger partial charge in [0.15, 0.2) is 0 Å². The first-order chi connectivity index (χ1) is 8.48. The molecule has 100 valence electrons. The summed E-state index contributed by atoms with van der Waals surface area (Å²) in [5, 5.41) is 13.0. The van der Waals surface area contributed by atoms with Crippen molar-refractivity contribution in [3.05, 3.63) is 33.8 Å². The predicted octanol–water partition coefficient (Wildman–Crippen LogP) is 3.27. The minimum absolute atomic E-state index is 0.107. The molecule has 1 aromatic carbocycles. The maximum absolute atomic E-state index is 12.1. The first-order valence-corrected chi connectivity index (χ1v) is 6.62. The average Bonchev–Trinajstić information content (AvgIpc) is 2.38. The van der Waals surface area contributed by atoms with E-state index in [1.54, 1.807) is 12.1 Å². The lowest BCUT2D eigenvalue weighted by molar-refractivity contribution is 0.0818. The lowest BCUT2D eigenvalue weighted by Gasteiger charge is -2.30. The van der Waals surface area contributed by atoms with E-state index in [4.69, 9.17) is 23.2 Å². The monoisotopic (exact) mass is 289 g/mol. The second-order valence-corrected chi connectivity index (χ2v) is 5.07. The Morgan fingerprint density at radius 2 is 1.94 bits per heavy atom. The van der Waals surface area contributed by atoms with Gasteiger partial charge in [-0.05, 0) is 31.0 Å². The molecule has 0 bridgehead atoms. The molecular formula is C13H17Cl2NO2. The molecular weight excluding hydrogens is 273 g/mol. The van der Waals surface area contributed by atoms with Gasteiger partial charge in [-0.15, -0.1) is 0 Å². The van der Waals surface area contributed by atoms with Crippen LogP contribution in [0, 0.1) is 0 Å². The number of amides is 1. The third kappa shape index (κ3) is 3.37. The summed E-state index contributed by atoms with van der Waals surface area (Å²) in [6, 6.07) is 4.73. The Hall–Kier alpha value is -0.770. The molecule has 0 spiro atoms. The number of carbonyl (C=O) groups excluding carboxylic acids is 1. The highest BCUT2D eigenvalue weighted by atomic mass is 35.5. The fourth-order valence-corrected chi connectivity index (χ4v) is 2.05. The molecule has 0 heterocycles. The Kier molecular flexibility index (Phi) is 5.45. The van der Waals surface area contributed by atoms with Gasteiger partial charge in [-0.25, -0.2) is 0 Å². The number of halogens is 2. The molecule has 2 N–H and O–H groups in total. The molecule has 0 aromatic heterocycles. The number of rotatable bonds is 5. The number of hydrogen-bond acceptors (Lipinski definition) is 2. The zero-order chi connectivity index (χ0) is 13.8. The molecule has 0 atom stereocenters. The van der Waals surface area contributed by atoms with Gasteiger partial charge in [-0.1, -0.05) is 37.0 Å². The van der Waals surface area contributed by atoms with Crippen LogP contribution in [0.1, 0.15) is 37.0 Å². The summed E-state index contributed by atoms with van der Waals surface area (Å²) in [4.78, 5) is 12.1. The number of benzene rings is 1. The van der Waals surface area contributed by atoms with Gasteiger partial charge in [0.1, 0.15) is 0 Å². The lowest BCUT2D eigenvalue weighted by Crippen LogP contribution is -2.50. The Balaban J connectivity index is 2.97. The first-order valence-electron chi connectivity index (χ1n) is 5.86. The molecule has 3 nitrogen and oxygen atoms in total. The number of aliphatic hydroxyl groups is 1. The van der Waals surface area contributed by atoms with Crippen molar-refractivity contribution in [2.75, 3.05) is 6.61 Å². The van der Waals surface area contributed by atoms with E-state index in [0.717, 1.165) is 0 Å². The van der Waals surface area contributed by atoms with E-state index in [1.807, 2.05) is 13.8 Å². The fourth-order valence-electron chi connectivity index (χ4n) is 1.67. The molecule has 0 radical (unpaired) electrons. The van der Waals surface area contributed by atoms with Gasteiger partial charge in [-0.3, -0.25) is 4.79 Å². The minimum atomic E-state index is -0.608. The SMILES string of the molecule is CCC(CC)(CO)NC(=O)c1cc(Cl)ccc1Cl. The van der Waals surface area contributed by atoms with Gasteiger partial charge in [0.05, 0.1) is 22.7 Å². The normalized spacial score (nSPS) is 11.4. The van der Waals surface area contributed by atoms with Crippen LogP contribution in [0.3, 0.4) is 0 Å². The van der Waals surface area contributed by atoms with Crippen molar-refractivity contribution in [3.8, 4) is 0 Å². The number of carbonyl (C=O) groups is 1. The van der Waals surface area contributed by atoms with Gasteiger partial charge in [0, 0.05) is 5.02 Å². The van der Waals surface area contributed by atoms with Crippen LogP contribution >= 0.6 is 23.2 Å². The Labute approximate surface area is 117 Å². The standard InChI is InChI=1S/C13H17Cl2NO2/c1-3-13(4-2,8-17)16-12(18)10-7-9(14)5-6-11(10)15/h5-7,17H,3-4,8H2,1-2H3,(H,16,18). The van der Waals surface area contributed by atoms with E-state index in [9.17, 15) is 9.90 Å². The zero-order valence-electron chi connectivity index (χ0n) is 10.5. The van der Waals surface area contributed by atoms with Crippen molar-refractivity contribution in [2.24, 2.45) is 0 Å². The highest BCUT2D eigenvalue weighted by Gasteiger charge is 2.28. The lowest BCUT2D eigenvalue weighted by atomic mass is 9.93. The maximum atomic E-state index is 12.1. The molecule has 0 aliphatic carbocycles. The summed E-state index contributed by atoms with van der Waals surface area (Å²) in [7, 11) is 0. The maximum Gasteiger partial charge on any atom is 0.253 e. The fraction of sp³-hybridized carbons (Fsp3) is 0.462. The van der Waals surface area contributed by atoms with E-state index in [-0.39, 0.29) is 12.5 Å². The molecule has 1 aromatic rings. The number of nitrogens with one attached hydrogen (secondary N) is 1. The van der Waals surface area contributed by atoms with Gasteiger partial charge < -0.3 is 10.4 Å². The molecule has 1 amide bonds. The van der Waals surface area contributed by atoms with E-state index in [2.05, 4.69) is 5.32 Å². The second kappa shape index (κ2) is 6.41. The molecule has 0 saturated heterocycles. The number of aliphatic hydroxyl groups excluding tert-OH is 1. The topological polar surface area (TPSA) is 49.3 Å². The zero-order valence-corrected chi connectivity index (χ0v) is 12.0. The molecule has 18 heavy (non-hydrogen) atoms. The molecule has 0 unspecified atom stereocenters. The molecule has 0 aliphatic heterocycles. The summed E-state index contributed by atoms with van der Waals surface area (Å²) < 4.78 is 0. The highest BCUT2D eigenvalue weighted by molar-refractivity contribution is 6.35. The summed E-state index contributed by atoms with van der Waals surface area (Å²) in [6.07, 6.45) is 1.29. The van der Waals surface area contributed by atoms with E-state index >= 15 is 0 Å². The van der Waals surface area contributed by atoms with E-state index < -0.39 is 5.54 Å². The summed E-state index contributed by atoms with van der Waals surface area (Å²) in [5.74, 6) is -0.319. The van der Waals surface area contributed by atoms with Crippen molar-refractivity contribution in [3.63, 3.8) is 0 Å². The summed E-state index contributed by atoms with van der Waals surface area (Å²) >= 11 is 11.8. The van der Waals surface area contributed by atoms with Crippen molar-refractivity contribution >= 4 is 29.1 Å². The van der Waals surface area contributed by atoms with Crippen LogP contribution in [-0.4, -0.2) is 23.2 Å². The smallest absolute Gasteiger partial charge is 0.253 e. The largest absolute Gasteiger partial charge is 0.394 e. The predicted molar refractivity (Wildman–Crippen MR) is 74.3 cm³/mol. The van der Waals surface area contributed by atoms with Gasteiger partial charge in [0.2, 0.25) is 0 Å². The Morgan fingerprint density at radius 3 is 2.44 bits per heavy atom. The van der Waals surface area contributed by atoms with E-state index in [0.29, 0.717) is 28.5 Å². The van der Waals surface area contributed by atoms with Crippen molar-refractivity contribution in [2.45, 2.75) is 32.2 Å². The van der Waals surface area contributed by atoms with Crippen LogP contribution < -0.4 is 5.32 Å². The van der Waals surface area contributed by atoms with Crippen molar-refractivity contribution < 1.29 is 9.90 Å². The van der Waals surface area contributed by atoms with Crippen LogP contribution in [-0.2, 0) is 0 Å². The van der Waals surface area contributed by atoms with Crippen LogP contribution in [0.2, 0.25) is 10.0 Å². The minimum Gasteiger partial charge on any atom is -0.394 e. The van der Waals surface area contributed by atoms with Crippen molar-refractivity contribution in [1.29, 1.82) is 0 Å². The summed E-state index contributed by atoms with van der Waals surface area (Å²) in [5.41, 5.74) is -0.285. The molecule has 5 heteroatoms. The van der Waals surface area contributed by atoms with Crippen LogP contribution in [0.5, 0.6) is 0 Å². The highest BCUT2D eigenvalue weighted by Crippen LogP contribution is 2.22. The van der Waals surface area contributed by atoms with Crippen molar-refractivity contribution in [1.82, 2.24) is 5.32 Å². The van der Waals surface area contributed by atoms with Gasteiger partial charge >= 0.3 is 0 Å². The quantitative estimate of drug-likeness (QED) is 0.874. The summed E-state index contributed by atoms with van der Waals surface area (Å²) in [6.45, 7) is 3.73. The molecule has 0 fully saturated rings. The first kappa shape index (κ1) is 15.3. The van der Waals surface area contributed by atoms with Crippen LogP contribution in [0.4, 0.5) is 0 Å². The van der Waals surface area contributed by atoms with Crippen LogP contribution in [0.25, 0.3) is 0 Å². The molecule has 0 saturated carbocycles. The van der Waals surface area contributed by atoms with Gasteiger partial charge in [-0.2, -0.15) is 0 Å². The van der Waals surface area contributed by atoms with Crippen LogP contribution in [0.15, 0.2) is 18.2 Å². The second-order valence-electron chi connectivity index (χ2n) is 4.22. The Bertz CT molecular complexity index is 423. The average molecular weight is 290 g/mol. The third-order valence-electron chi connectivity index (χ3n) is 3.21. The van der Waals surface area contributed by atoms with Gasteiger partial charge in [0.25, 0.3) is 5.91 Å². The third-order valence-corrected chi connectivity index (χ3v) is 3.77. The van der Waals surface area contributed by atoms with E-state index in [1.165, 1.54) is 6.07 Å². The Morgan fingerprint density at radius 1 is 1.33 bits per heavy atom. The molecule has 0 aliphatic rings. The number of hydrogen-bond donors (Lipinski definition) is 2. The molecule has 1 rings (SSSR count).